The molecule has 2 rings (SSSR count). The lowest BCUT2D eigenvalue weighted by Crippen LogP contribution is -2.10. The number of nitrogens with zero attached hydrogens (tertiary/aromatic N) is 1. The van der Waals surface area contributed by atoms with Crippen LogP contribution in [0.3, 0.4) is 0 Å². The third-order valence-electron chi connectivity index (χ3n) is 2.52. The Hall–Kier alpha value is -1.82. The first-order chi connectivity index (χ1) is 8.49. The normalized spacial score (nSPS) is 12.4. The van der Waals surface area contributed by atoms with Crippen molar-refractivity contribution in [2.75, 3.05) is 6.26 Å². The van der Waals surface area contributed by atoms with Gasteiger partial charge >= 0.3 is 5.76 Å². The number of benzene rings is 1. The smallest absolute Gasteiger partial charge is 0.413 e. The van der Waals surface area contributed by atoms with E-state index in [1.807, 2.05) is 0 Å². The Bertz CT molecular complexity index is 639. The van der Waals surface area contributed by atoms with Crippen molar-refractivity contribution in [2.45, 2.75) is 6.92 Å². The van der Waals surface area contributed by atoms with Gasteiger partial charge in [0.1, 0.15) is 11.5 Å². The van der Waals surface area contributed by atoms with E-state index in [1.54, 1.807) is 38.2 Å². The fourth-order valence-corrected chi connectivity index (χ4v) is 2.16. The van der Waals surface area contributed by atoms with Crippen LogP contribution in [0.5, 0.6) is 5.75 Å². The average Bonchev–Trinajstić information content (AvgIpc) is 2.54. The molecule has 0 spiro atoms. The summed E-state index contributed by atoms with van der Waals surface area (Å²) in [5, 5.41) is 0. The molecule has 0 aliphatic carbocycles. The van der Waals surface area contributed by atoms with Crippen LogP contribution < -0.4 is 9.94 Å². The van der Waals surface area contributed by atoms with E-state index in [9.17, 15) is 9.00 Å². The summed E-state index contributed by atoms with van der Waals surface area (Å²) in [7, 11) is 1.65. The van der Waals surface area contributed by atoms with Gasteiger partial charge in [0.05, 0.1) is 5.69 Å². The first-order valence-electron chi connectivity index (χ1n) is 5.27. The molecule has 1 atom stereocenters. The molecule has 1 aromatic carbocycles. The SMILES string of the molecule is Cc1oc(=O)n(C)c1-c1ccc(OS(C)=O)cc1. The predicted molar refractivity (Wildman–Crippen MR) is 68.8 cm³/mol. The average molecular weight is 267 g/mol. The summed E-state index contributed by atoms with van der Waals surface area (Å²) >= 11 is -1.35. The highest BCUT2D eigenvalue weighted by atomic mass is 32.2. The topological polar surface area (TPSA) is 61.4 Å². The molecule has 0 aliphatic heterocycles. The van der Waals surface area contributed by atoms with Crippen LogP contribution in [0, 0.1) is 6.92 Å². The van der Waals surface area contributed by atoms with Crippen LogP contribution >= 0.6 is 0 Å². The summed E-state index contributed by atoms with van der Waals surface area (Å²) in [4.78, 5) is 11.4. The third-order valence-corrected chi connectivity index (χ3v) is 2.95. The Labute approximate surface area is 107 Å². The second-order valence-corrected chi connectivity index (χ2v) is 4.81. The molecule has 1 aromatic heterocycles. The Balaban J connectivity index is 2.40. The number of oxazole rings is 1. The molecule has 2 aromatic rings. The van der Waals surface area contributed by atoms with Crippen LogP contribution in [0.25, 0.3) is 11.3 Å². The van der Waals surface area contributed by atoms with Crippen molar-refractivity contribution in [3.05, 3.63) is 40.6 Å². The van der Waals surface area contributed by atoms with Crippen LogP contribution in [-0.4, -0.2) is 15.0 Å². The van der Waals surface area contributed by atoms with Gasteiger partial charge in [0.25, 0.3) is 0 Å². The van der Waals surface area contributed by atoms with E-state index in [4.69, 9.17) is 8.60 Å². The second kappa shape index (κ2) is 4.81. The van der Waals surface area contributed by atoms with Gasteiger partial charge in [0, 0.05) is 18.9 Å². The van der Waals surface area contributed by atoms with Crippen molar-refractivity contribution in [1.82, 2.24) is 4.57 Å². The summed E-state index contributed by atoms with van der Waals surface area (Å²) in [5.41, 5.74) is 1.57. The number of aromatic nitrogens is 1. The van der Waals surface area contributed by atoms with Gasteiger partial charge in [-0.05, 0) is 31.2 Å². The minimum absolute atomic E-state index is 0.391. The lowest BCUT2D eigenvalue weighted by atomic mass is 10.1. The van der Waals surface area contributed by atoms with Crippen molar-refractivity contribution in [3.8, 4) is 17.0 Å². The van der Waals surface area contributed by atoms with Crippen molar-refractivity contribution < 1.29 is 12.8 Å². The Morgan fingerprint density at radius 3 is 2.33 bits per heavy atom. The van der Waals surface area contributed by atoms with Crippen LogP contribution in [0.4, 0.5) is 0 Å². The Kier molecular flexibility index (Phi) is 3.38. The Morgan fingerprint density at radius 2 is 1.89 bits per heavy atom. The molecule has 0 saturated heterocycles. The van der Waals surface area contributed by atoms with E-state index in [1.165, 1.54) is 10.8 Å². The molecule has 0 aliphatic rings. The quantitative estimate of drug-likeness (QED) is 0.848. The number of hydrogen-bond acceptors (Lipinski definition) is 4. The maximum Gasteiger partial charge on any atom is 0.419 e. The molecule has 0 fully saturated rings. The van der Waals surface area contributed by atoms with Gasteiger partial charge in [-0.3, -0.25) is 4.57 Å². The van der Waals surface area contributed by atoms with Gasteiger partial charge in [-0.15, -0.1) is 0 Å². The van der Waals surface area contributed by atoms with Crippen LogP contribution in [0.15, 0.2) is 33.5 Å². The highest BCUT2D eigenvalue weighted by Crippen LogP contribution is 2.24. The lowest BCUT2D eigenvalue weighted by molar-refractivity contribution is 0.472. The first kappa shape index (κ1) is 12.6. The lowest BCUT2D eigenvalue weighted by Gasteiger charge is -2.04. The van der Waals surface area contributed by atoms with Gasteiger partial charge in [-0.2, -0.15) is 0 Å². The molecule has 0 radical (unpaired) electrons. The molecule has 1 heterocycles. The fraction of sp³-hybridized carbons (Fsp3) is 0.250. The minimum Gasteiger partial charge on any atom is -0.413 e. The summed E-state index contributed by atoms with van der Waals surface area (Å²) in [5.74, 6) is 0.693. The highest BCUT2D eigenvalue weighted by molar-refractivity contribution is 7.79. The molecule has 96 valence electrons. The summed E-state index contributed by atoms with van der Waals surface area (Å²) in [6, 6.07) is 6.99. The summed E-state index contributed by atoms with van der Waals surface area (Å²) < 4.78 is 22.4. The summed E-state index contributed by atoms with van der Waals surface area (Å²) in [6.07, 6.45) is 1.46. The first-order valence-corrected chi connectivity index (χ1v) is 6.76. The van der Waals surface area contributed by atoms with Crippen molar-refractivity contribution in [3.63, 3.8) is 0 Å². The number of hydrogen-bond donors (Lipinski definition) is 0. The summed E-state index contributed by atoms with van der Waals surface area (Å²) in [6.45, 7) is 1.74. The van der Waals surface area contributed by atoms with E-state index >= 15 is 0 Å². The molecule has 18 heavy (non-hydrogen) atoms. The van der Waals surface area contributed by atoms with Crippen molar-refractivity contribution >= 4 is 11.1 Å². The molecular weight excluding hydrogens is 254 g/mol. The monoisotopic (exact) mass is 267 g/mol. The van der Waals surface area contributed by atoms with Gasteiger partial charge in [-0.1, -0.05) is 0 Å². The third kappa shape index (κ3) is 2.38. The molecule has 5 nitrogen and oxygen atoms in total. The van der Waals surface area contributed by atoms with E-state index in [2.05, 4.69) is 0 Å². The van der Waals surface area contributed by atoms with E-state index in [0.29, 0.717) is 11.5 Å². The fourth-order valence-electron chi connectivity index (χ4n) is 1.78. The highest BCUT2D eigenvalue weighted by Gasteiger charge is 2.12. The molecule has 6 heteroatoms. The molecular formula is C12H13NO4S. The number of aryl methyl sites for hydroxylation is 1. The molecule has 0 saturated carbocycles. The zero-order chi connectivity index (χ0) is 13.3. The van der Waals surface area contributed by atoms with Gasteiger partial charge in [-0.25, -0.2) is 9.00 Å². The Morgan fingerprint density at radius 1 is 1.28 bits per heavy atom. The minimum atomic E-state index is -1.35. The van der Waals surface area contributed by atoms with Crippen LogP contribution in [0.2, 0.25) is 0 Å². The van der Waals surface area contributed by atoms with E-state index < -0.39 is 16.8 Å². The van der Waals surface area contributed by atoms with Gasteiger partial charge in [0.15, 0.2) is 0 Å². The molecule has 1 unspecified atom stereocenters. The maximum absolute atomic E-state index is 11.4. The zero-order valence-corrected chi connectivity index (χ0v) is 11.1. The molecule has 0 amide bonds. The van der Waals surface area contributed by atoms with Crippen molar-refractivity contribution in [1.29, 1.82) is 0 Å². The zero-order valence-electron chi connectivity index (χ0n) is 10.3. The second-order valence-electron chi connectivity index (χ2n) is 3.84. The van der Waals surface area contributed by atoms with E-state index in [0.717, 1.165) is 11.3 Å². The van der Waals surface area contributed by atoms with E-state index in [-0.39, 0.29) is 0 Å². The molecule has 0 bridgehead atoms. The van der Waals surface area contributed by atoms with Crippen LogP contribution in [-0.2, 0) is 18.1 Å². The number of rotatable bonds is 3. The predicted octanol–water partition coefficient (Wildman–Crippen LogP) is 1.63. The van der Waals surface area contributed by atoms with Gasteiger partial charge < -0.3 is 8.60 Å². The van der Waals surface area contributed by atoms with Crippen molar-refractivity contribution in [2.24, 2.45) is 7.05 Å². The van der Waals surface area contributed by atoms with Gasteiger partial charge in [0.2, 0.25) is 11.1 Å². The molecule has 0 N–H and O–H groups in total. The standard InChI is InChI=1S/C12H13NO4S/c1-8-11(13(2)12(14)16-8)9-4-6-10(7-5-9)17-18(3)15/h4-7H,1-3H3. The largest absolute Gasteiger partial charge is 0.419 e. The maximum atomic E-state index is 11.4. The van der Waals surface area contributed by atoms with Crippen LogP contribution in [0.1, 0.15) is 5.76 Å².